The highest BCUT2D eigenvalue weighted by atomic mass is 19.4. The van der Waals surface area contributed by atoms with E-state index in [1.165, 1.54) is 0 Å². The third-order valence-corrected chi connectivity index (χ3v) is 2.38. The second-order valence-corrected chi connectivity index (χ2v) is 3.50. The van der Waals surface area contributed by atoms with E-state index in [1.54, 1.807) is 0 Å². The second-order valence-electron chi connectivity index (χ2n) is 3.50. The molecule has 2 rings (SSSR count). The van der Waals surface area contributed by atoms with E-state index < -0.39 is 29.7 Å². The van der Waals surface area contributed by atoms with Crippen LogP contribution in [0.1, 0.15) is 17.2 Å². The second kappa shape index (κ2) is 3.90. The Kier molecular flexibility index (Phi) is 2.68. The monoisotopic (exact) mass is 249 g/mol. The number of benzene rings is 1. The molecule has 1 saturated heterocycles. The first-order valence-electron chi connectivity index (χ1n) is 4.68. The predicted octanol–water partition coefficient (Wildman–Crippen LogP) is 2.63. The molecule has 1 aromatic rings. The largest absolute Gasteiger partial charge is 0.447 e. The third-order valence-electron chi connectivity index (χ3n) is 2.38. The van der Waals surface area contributed by atoms with Gasteiger partial charge in [-0.05, 0) is 11.6 Å². The van der Waals surface area contributed by atoms with Crippen molar-refractivity contribution in [3.8, 4) is 0 Å². The highest BCUT2D eigenvalue weighted by Crippen LogP contribution is 2.37. The first-order valence-corrected chi connectivity index (χ1v) is 4.68. The molecule has 1 aromatic carbocycles. The molecular weight excluding hydrogens is 242 g/mol. The minimum atomic E-state index is -4.81. The number of hydrogen-bond donors (Lipinski definition) is 1. The first kappa shape index (κ1) is 11.7. The van der Waals surface area contributed by atoms with Crippen LogP contribution in [0.2, 0.25) is 0 Å². The van der Waals surface area contributed by atoms with Crippen LogP contribution in [0.15, 0.2) is 18.2 Å². The standard InChI is InChI=1S/C10H7F4NO2/c11-6-3-1-2-5(8(6)10(12,13)14)7-4-17-9(16)15-7/h1-3,7H,4H2,(H,15,16)/t7-/m0/s1. The fourth-order valence-corrected chi connectivity index (χ4v) is 1.68. The Hall–Kier alpha value is -1.79. The summed E-state index contributed by atoms with van der Waals surface area (Å²) in [6.45, 7) is -0.245. The molecule has 1 aliphatic rings. The van der Waals surface area contributed by atoms with Crippen molar-refractivity contribution in [2.75, 3.05) is 6.61 Å². The molecule has 17 heavy (non-hydrogen) atoms. The number of amides is 1. The van der Waals surface area contributed by atoms with Gasteiger partial charge in [-0.25, -0.2) is 9.18 Å². The quantitative estimate of drug-likeness (QED) is 0.777. The van der Waals surface area contributed by atoms with Gasteiger partial charge in [0.25, 0.3) is 0 Å². The maximum absolute atomic E-state index is 13.2. The van der Waals surface area contributed by atoms with Gasteiger partial charge in [-0.3, -0.25) is 0 Å². The van der Waals surface area contributed by atoms with Gasteiger partial charge >= 0.3 is 12.3 Å². The van der Waals surface area contributed by atoms with Crippen molar-refractivity contribution in [2.24, 2.45) is 0 Å². The lowest BCUT2D eigenvalue weighted by Gasteiger charge is -2.16. The number of cyclic esters (lactones) is 1. The van der Waals surface area contributed by atoms with E-state index in [9.17, 15) is 22.4 Å². The molecule has 1 amide bonds. The van der Waals surface area contributed by atoms with E-state index in [2.05, 4.69) is 10.1 Å². The van der Waals surface area contributed by atoms with Gasteiger partial charge in [0.1, 0.15) is 12.4 Å². The van der Waals surface area contributed by atoms with Crippen LogP contribution < -0.4 is 5.32 Å². The molecule has 3 nitrogen and oxygen atoms in total. The van der Waals surface area contributed by atoms with E-state index in [0.717, 1.165) is 18.2 Å². The summed E-state index contributed by atoms with van der Waals surface area (Å²) in [5.74, 6) is -1.36. The van der Waals surface area contributed by atoms with Crippen LogP contribution >= 0.6 is 0 Å². The maximum Gasteiger partial charge on any atom is 0.419 e. The number of alkyl halides is 3. The summed E-state index contributed by atoms with van der Waals surface area (Å²) >= 11 is 0. The van der Waals surface area contributed by atoms with Crippen LogP contribution in [-0.2, 0) is 10.9 Å². The molecule has 0 unspecified atom stereocenters. The van der Waals surface area contributed by atoms with E-state index in [4.69, 9.17) is 0 Å². The molecule has 0 aromatic heterocycles. The van der Waals surface area contributed by atoms with E-state index in [0.29, 0.717) is 0 Å². The molecule has 1 fully saturated rings. The third kappa shape index (κ3) is 2.17. The van der Waals surface area contributed by atoms with Gasteiger partial charge in [0.15, 0.2) is 0 Å². The number of alkyl carbamates (subject to hydrolysis) is 1. The normalized spacial score (nSPS) is 20.0. The van der Waals surface area contributed by atoms with Gasteiger partial charge in [0.2, 0.25) is 0 Å². The molecular formula is C10H7F4NO2. The first-order chi connectivity index (χ1) is 7.89. The van der Waals surface area contributed by atoms with Gasteiger partial charge < -0.3 is 10.1 Å². The van der Waals surface area contributed by atoms with Crippen LogP contribution in [0.25, 0.3) is 0 Å². The van der Waals surface area contributed by atoms with Gasteiger partial charge in [-0.1, -0.05) is 12.1 Å². The molecule has 0 bridgehead atoms. The summed E-state index contributed by atoms with van der Waals surface area (Å²) < 4.78 is 55.7. The zero-order valence-corrected chi connectivity index (χ0v) is 8.34. The summed E-state index contributed by atoms with van der Waals surface area (Å²) in [5, 5.41) is 2.18. The lowest BCUT2D eigenvalue weighted by Crippen LogP contribution is -2.23. The Morgan fingerprint density at radius 1 is 1.35 bits per heavy atom. The minimum Gasteiger partial charge on any atom is -0.447 e. The van der Waals surface area contributed by atoms with Crippen molar-refractivity contribution in [1.29, 1.82) is 0 Å². The smallest absolute Gasteiger partial charge is 0.419 e. The van der Waals surface area contributed by atoms with Gasteiger partial charge in [0, 0.05) is 0 Å². The molecule has 1 aliphatic heterocycles. The molecule has 1 heterocycles. The highest BCUT2D eigenvalue weighted by Gasteiger charge is 2.40. The van der Waals surface area contributed by atoms with Crippen molar-refractivity contribution in [3.05, 3.63) is 35.1 Å². The van der Waals surface area contributed by atoms with Crippen molar-refractivity contribution in [3.63, 3.8) is 0 Å². The maximum atomic E-state index is 13.2. The molecule has 0 radical (unpaired) electrons. The van der Waals surface area contributed by atoms with Gasteiger partial charge in [0.05, 0.1) is 11.6 Å². The Labute approximate surface area is 93.4 Å². The molecule has 7 heteroatoms. The zero-order valence-electron chi connectivity index (χ0n) is 8.34. The lowest BCUT2D eigenvalue weighted by atomic mass is 10.00. The average Bonchev–Trinajstić information content (AvgIpc) is 2.62. The van der Waals surface area contributed by atoms with Crippen LogP contribution in [0.4, 0.5) is 22.4 Å². The Bertz CT molecular complexity index is 458. The highest BCUT2D eigenvalue weighted by molar-refractivity contribution is 5.70. The Morgan fingerprint density at radius 3 is 2.59 bits per heavy atom. The number of carbonyl (C=O) groups excluding carboxylic acids is 1. The molecule has 0 aliphatic carbocycles. The number of nitrogens with one attached hydrogen (secondary N) is 1. The Morgan fingerprint density at radius 2 is 2.06 bits per heavy atom. The van der Waals surface area contributed by atoms with Crippen LogP contribution in [0.3, 0.4) is 0 Å². The topological polar surface area (TPSA) is 38.3 Å². The minimum absolute atomic E-state index is 0.245. The number of halogens is 4. The van der Waals surface area contributed by atoms with Crippen LogP contribution in [0.5, 0.6) is 0 Å². The zero-order chi connectivity index (χ0) is 12.6. The van der Waals surface area contributed by atoms with E-state index in [1.807, 2.05) is 0 Å². The molecule has 0 saturated carbocycles. The lowest BCUT2D eigenvalue weighted by molar-refractivity contribution is -0.140. The molecule has 1 atom stereocenters. The number of hydrogen-bond acceptors (Lipinski definition) is 2. The predicted molar refractivity (Wildman–Crippen MR) is 48.6 cm³/mol. The van der Waals surface area contributed by atoms with Crippen LogP contribution in [-0.4, -0.2) is 12.7 Å². The number of rotatable bonds is 1. The molecule has 92 valence electrons. The van der Waals surface area contributed by atoms with E-state index >= 15 is 0 Å². The van der Waals surface area contributed by atoms with Gasteiger partial charge in [-0.2, -0.15) is 13.2 Å². The SMILES string of the molecule is O=C1N[C@H](c2cccc(F)c2C(F)(F)F)CO1. The van der Waals surface area contributed by atoms with Crippen LogP contribution in [0, 0.1) is 5.82 Å². The Balaban J connectivity index is 2.47. The fraction of sp³-hybridized carbons (Fsp3) is 0.300. The van der Waals surface area contributed by atoms with Crippen molar-refractivity contribution >= 4 is 6.09 Å². The fourth-order valence-electron chi connectivity index (χ4n) is 1.68. The average molecular weight is 249 g/mol. The number of carbonyl (C=O) groups is 1. The van der Waals surface area contributed by atoms with E-state index in [-0.39, 0.29) is 12.2 Å². The summed E-state index contributed by atoms with van der Waals surface area (Å²) in [7, 11) is 0. The molecule has 0 spiro atoms. The van der Waals surface area contributed by atoms with Gasteiger partial charge in [-0.15, -0.1) is 0 Å². The van der Waals surface area contributed by atoms with Crippen molar-refractivity contribution in [2.45, 2.75) is 12.2 Å². The summed E-state index contributed by atoms with van der Waals surface area (Å²) in [6, 6.07) is 2.02. The summed E-state index contributed by atoms with van der Waals surface area (Å²) in [5.41, 5.74) is -1.70. The number of ether oxygens (including phenoxy) is 1. The summed E-state index contributed by atoms with van der Waals surface area (Å²) in [4.78, 5) is 10.8. The van der Waals surface area contributed by atoms with Crippen molar-refractivity contribution in [1.82, 2.24) is 5.32 Å². The van der Waals surface area contributed by atoms with Crippen molar-refractivity contribution < 1.29 is 27.1 Å². The summed E-state index contributed by atoms with van der Waals surface area (Å²) in [6.07, 6.45) is -5.62. The molecule has 1 N–H and O–H groups in total.